The molecule has 0 aliphatic carbocycles. The van der Waals surface area contributed by atoms with Crippen molar-refractivity contribution in [3.63, 3.8) is 0 Å². The Balaban J connectivity index is 1.68. The third-order valence-electron chi connectivity index (χ3n) is 4.74. The topological polar surface area (TPSA) is 65.3 Å². The van der Waals surface area contributed by atoms with Crippen molar-refractivity contribution in [3.8, 4) is 0 Å². The van der Waals surface area contributed by atoms with Crippen LogP contribution in [-0.4, -0.2) is 23.2 Å². The summed E-state index contributed by atoms with van der Waals surface area (Å²) in [6.07, 6.45) is 1.54. The predicted molar refractivity (Wildman–Crippen MR) is 106 cm³/mol. The molecular weight excluding hydrogens is 340 g/mol. The van der Waals surface area contributed by atoms with Gasteiger partial charge in [-0.2, -0.15) is 15.2 Å². The van der Waals surface area contributed by atoms with E-state index in [4.69, 9.17) is 0 Å². The number of nitrogens with zero attached hydrogens (tertiary/aromatic N) is 4. The van der Waals surface area contributed by atoms with Crippen LogP contribution in [0.4, 0.5) is 11.4 Å². The lowest BCUT2D eigenvalue weighted by molar-refractivity contribution is -0.126. The van der Waals surface area contributed by atoms with Crippen LogP contribution in [0.5, 0.6) is 0 Å². The molecule has 134 valence electrons. The quantitative estimate of drug-likeness (QED) is 0.842. The van der Waals surface area contributed by atoms with Gasteiger partial charge in [0.05, 0.1) is 23.0 Å². The Morgan fingerprint density at radius 2 is 1.30 bits per heavy atom. The molecule has 2 heterocycles. The average Bonchev–Trinajstić information content (AvgIpc) is 3.18. The summed E-state index contributed by atoms with van der Waals surface area (Å²) >= 11 is 0. The Morgan fingerprint density at radius 1 is 0.815 bits per heavy atom. The van der Waals surface area contributed by atoms with E-state index in [0.717, 1.165) is 0 Å². The second-order valence-corrected chi connectivity index (χ2v) is 6.40. The maximum atomic E-state index is 13.1. The zero-order chi connectivity index (χ0) is 19.0. The lowest BCUT2D eigenvalue weighted by Crippen LogP contribution is -2.40. The Kier molecular flexibility index (Phi) is 4.16. The molecule has 0 spiro atoms. The SMILES string of the molecule is C=CC1=NN(c2ccccc2)C(=O)C1C1C(=O)N(c2ccccc2)N=C1C. The molecule has 2 aromatic carbocycles. The first-order valence-electron chi connectivity index (χ1n) is 8.66. The van der Waals surface area contributed by atoms with Gasteiger partial charge in [-0.15, -0.1) is 0 Å². The normalized spacial score (nSPS) is 22.1. The average molecular weight is 358 g/mol. The highest BCUT2D eigenvalue weighted by molar-refractivity contribution is 6.27. The summed E-state index contributed by atoms with van der Waals surface area (Å²) in [4.78, 5) is 26.2. The van der Waals surface area contributed by atoms with Crippen molar-refractivity contribution in [1.29, 1.82) is 0 Å². The summed E-state index contributed by atoms with van der Waals surface area (Å²) in [6, 6.07) is 18.3. The number of rotatable bonds is 4. The van der Waals surface area contributed by atoms with Gasteiger partial charge in [0.1, 0.15) is 5.92 Å². The highest BCUT2D eigenvalue weighted by Crippen LogP contribution is 2.34. The molecule has 0 radical (unpaired) electrons. The van der Waals surface area contributed by atoms with E-state index in [1.807, 2.05) is 48.5 Å². The van der Waals surface area contributed by atoms with Crippen LogP contribution in [-0.2, 0) is 9.59 Å². The molecule has 2 aliphatic rings. The van der Waals surface area contributed by atoms with E-state index in [0.29, 0.717) is 22.8 Å². The number of hydrazone groups is 2. The van der Waals surface area contributed by atoms with Crippen LogP contribution < -0.4 is 10.0 Å². The van der Waals surface area contributed by atoms with Crippen molar-refractivity contribution in [3.05, 3.63) is 73.3 Å². The van der Waals surface area contributed by atoms with E-state index in [9.17, 15) is 9.59 Å². The molecule has 4 rings (SSSR count). The highest BCUT2D eigenvalue weighted by Gasteiger charge is 2.49. The smallest absolute Gasteiger partial charge is 0.257 e. The third-order valence-corrected chi connectivity index (χ3v) is 4.74. The van der Waals surface area contributed by atoms with Crippen LogP contribution in [0.1, 0.15) is 6.92 Å². The predicted octanol–water partition coefficient (Wildman–Crippen LogP) is 3.23. The van der Waals surface area contributed by atoms with Crippen LogP contribution in [0.25, 0.3) is 0 Å². The summed E-state index contributed by atoms with van der Waals surface area (Å²) in [6.45, 7) is 5.55. The fourth-order valence-electron chi connectivity index (χ4n) is 3.44. The zero-order valence-corrected chi connectivity index (χ0v) is 14.8. The molecule has 2 aliphatic heterocycles. The monoisotopic (exact) mass is 358 g/mol. The number of carbonyl (C=O) groups is 2. The molecule has 6 nitrogen and oxygen atoms in total. The van der Waals surface area contributed by atoms with Gasteiger partial charge in [-0.25, -0.2) is 5.01 Å². The van der Waals surface area contributed by atoms with Gasteiger partial charge in [-0.3, -0.25) is 9.59 Å². The Labute approximate surface area is 157 Å². The Morgan fingerprint density at radius 3 is 1.81 bits per heavy atom. The van der Waals surface area contributed by atoms with E-state index in [-0.39, 0.29) is 11.8 Å². The second kappa shape index (κ2) is 6.64. The maximum absolute atomic E-state index is 13.1. The first-order chi connectivity index (χ1) is 13.1. The summed E-state index contributed by atoms with van der Waals surface area (Å²) < 4.78 is 0. The minimum atomic E-state index is -0.729. The van der Waals surface area contributed by atoms with Gasteiger partial charge < -0.3 is 0 Å². The highest BCUT2D eigenvalue weighted by atomic mass is 16.2. The second-order valence-electron chi connectivity index (χ2n) is 6.40. The molecule has 0 saturated heterocycles. The molecular formula is C21H18N4O2. The number of anilines is 2. The van der Waals surface area contributed by atoms with Gasteiger partial charge >= 0.3 is 0 Å². The summed E-state index contributed by atoms with van der Waals surface area (Å²) in [5.41, 5.74) is 2.40. The first-order valence-corrected chi connectivity index (χ1v) is 8.66. The van der Waals surface area contributed by atoms with Gasteiger partial charge in [-0.05, 0) is 37.3 Å². The number of carbonyl (C=O) groups excluding carboxylic acids is 2. The molecule has 0 aromatic heterocycles. The number of amides is 2. The maximum Gasteiger partial charge on any atom is 0.257 e. The van der Waals surface area contributed by atoms with Crippen molar-refractivity contribution in [1.82, 2.24) is 0 Å². The molecule has 6 heteroatoms. The fourth-order valence-corrected chi connectivity index (χ4v) is 3.44. The van der Waals surface area contributed by atoms with Crippen LogP contribution in [0, 0.1) is 11.8 Å². The standard InChI is InChI=1S/C21H18N4O2/c1-3-17-19(21(27)25(23-17)16-12-8-5-9-13-16)18-14(2)22-24(20(18)26)15-10-6-4-7-11-15/h3-13,18-19H,1H2,2H3. The molecule has 0 saturated carbocycles. The number of hydrogen-bond acceptors (Lipinski definition) is 4. The fraction of sp³-hybridized carbons (Fsp3) is 0.143. The van der Waals surface area contributed by atoms with Crippen LogP contribution in [0.2, 0.25) is 0 Å². The largest absolute Gasteiger partial charge is 0.272 e. The molecule has 27 heavy (non-hydrogen) atoms. The Hall–Kier alpha value is -3.54. The van der Waals surface area contributed by atoms with E-state index in [2.05, 4.69) is 16.8 Å². The number of benzene rings is 2. The molecule has 0 bridgehead atoms. The lowest BCUT2D eigenvalue weighted by atomic mass is 9.84. The van der Waals surface area contributed by atoms with E-state index < -0.39 is 11.8 Å². The first kappa shape index (κ1) is 16.9. The molecule has 2 atom stereocenters. The summed E-state index contributed by atoms with van der Waals surface area (Å²) in [7, 11) is 0. The van der Waals surface area contributed by atoms with E-state index in [1.165, 1.54) is 16.1 Å². The minimum absolute atomic E-state index is 0.235. The van der Waals surface area contributed by atoms with Crippen molar-refractivity contribution in [2.45, 2.75) is 6.92 Å². The van der Waals surface area contributed by atoms with Gasteiger partial charge in [0.15, 0.2) is 0 Å². The van der Waals surface area contributed by atoms with Crippen LogP contribution in [0.15, 0.2) is 83.5 Å². The van der Waals surface area contributed by atoms with E-state index >= 15 is 0 Å². The van der Waals surface area contributed by atoms with Crippen LogP contribution >= 0.6 is 0 Å². The van der Waals surface area contributed by atoms with E-state index in [1.54, 1.807) is 19.1 Å². The number of allylic oxidation sites excluding steroid dienone is 1. The molecule has 0 N–H and O–H groups in total. The van der Waals surface area contributed by atoms with Crippen molar-refractivity contribution in [2.75, 3.05) is 10.0 Å². The van der Waals surface area contributed by atoms with Crippen molar-refractivity contribution < 1.29 is 9.59 Å². The van der Waals surface area contributed by atoms with Crippen LogP contribution in [0.3, 0.4) is 0 Å². The number of hydrogen-bond donors (Lipinski definition) is 0. The van der Waals surface area contributed by atoms with Gasteiger partial charge in [0, 0.05) is 5.71 Å². The molecule has 2 amide bonds. The molecule has 2 aromatic rings. The Bertz CT molecular complexity index is 966. The van der Waals surface area contributed by atoms with Gasteiger partial charge in [0.2, 0.25) is 0 Å². The molecule has 2 unspecified atom stereocenters. The van der Waals surface area contributed by atoms with Gasteiger partial charge in [0.25, 0.3) is 11.8 Å². The summed E-state index contributed by atoms with van der Waals surface area (Å²) in [5, 5.41) is 11.5. The molecule has 0 fully saturated rings. The lowest BCUT2D eigenvalue weighted by Gasteiger charge is -2.19. The minimum Gasteiger partial charge on any atom is -0.272 e. The third kappa shape index (κ3) is 2.75. The summed E-state index contributed by atoms with van der Waals surface area (Å²) in [5.74, 6) is -1.91. The van der Waals surface area contributed by atoms with Crippen molar-refractivity contribution >= 4 is 34.6 Å². The zero-order valence-electron chi connectivity index (χ0n) is 14.8. The van der Waals surface area contributed by atoms with Crippen molar-refractivity contribution in [2.24, 2.45) is 22.0 Å². The number of para-hydroxylation sites is 2. The van der Waals surface area contributed by atoms with Gasteiger partial charge in [-0.1, -0.05) is 43.0 Å².